The Morgan fingerprint density at radius 1 is 1.21 bits per heavy atom. The number of hydrogen-bond donors (Lipinski definition) is 1. The van der Waals surface area contributed by atoms with E-state index in [0.29, 0.717) is 6.42 Å². The van der Waals surface area contributed by atoms with Crippen molar-refractivity contribution in [3.05, 3.63) is 35.4 Å². The third-order valence-corrected chi connectivity index (χ3v) is 2.66. The van der Waals surface area contributed by atoms with Crippen LogP contribution in [0.2, 0.25) is 0 Å². The molecule has 0 aliphatic heterocycles. The number of benzene rings is 1. The number of methoxy groups -OCH3 is 2. The van der Waals surface area contributed by atoms with E-state index in [1.807, 2.05) is 31.2 Å². The molecule has 0 saturated carbocycles. The molecule has 0 spiro atoms. The minimum Gasteiger partial charge on any atom is -0.467 e. The number of hydrogen-bond acceptors (Lipinski definition) is 4. The number of rotatable bonds is 6. The van der Waals surface area contributed by atoms with Gasteiger partial charge in [-0.15, -0.1) is 0 Å². The van der Waals surface area contributed by atoms with Crippen LogP contribution in [0, 0.1) is 6.92 Å². The number of carbonyl (C=O) groups is 2. The average molecular weight is 265 g/mol. The highest BCUT2D eigenvalue weighted by atomic mass is 16.5. The van der Waals surface area contributed by atoms with Gasteiger partial charge in [0, 0.05) is 13.5 Å². The Kier molecular flexibility index (Phi) is 6.02. The summed E-state index contributed by atoms with van der Waals surface area (Å²) < 4.78 is 9.41. The maximum atomic E-state index is 11.6. The van der Waals surface area contributed by atoms with E-state index in [4.69, 9.17) is 9.47 Å². The van der Waals surface area contributed by atoms with Crippen LogP contribution >= 0.6 is 0 Å². The zero-order valence-electron chi connectivity index (χ0n) is 11.4. The van der Waals surface area contributed by atoms with Crippen LogP contribution in [-0.4, -0.2) is 38.7 Å². The molecule has 1 rings (SSSR count). The summed E-state index contributed by atoms with van der Waals surface area (Å²) in [6.07, 6.45) is 0.391. The third kappa shape index (κ3) is 5.09. The van der Waals surface area contributed by atoms with E-state index >= 15 is 0 Å². The van der Waals surface area contributed by atoms with Crippen molar-refractivity contribution < 1.29 is 19.1 Å². The lowest BCUT2D eigenvalue weighted by Gasteiger charge is -2.16. The van der Waals surface area contributed by atoms with Crippen LogP contribution in [0.3, 0.4) is 0 Å². The second-order valence-electron chi connectivity index (χ2n) is 4.27. The lowest BCUT2D eigenvalue weighted by atomic mass is 10.0. The van der Waals surface area contributed by atoms with Gasteiger partial charge in [-0.25, -0.2) is 4.79 Å². The molecule has 0 unspecified atom stereocenters. The summed E-state index contributed by atoms with van der Waals surface area (Å²) in [6, 6.07) is 7.07. The molecule has 1 aromatic rings. The van der Waals surface area contributed by atoms with Gasteiger partial charge in [0.1, 0.15) is 12.6 Å². The summed E-state index contributed by atoms with van der Waals surface area (Å²) in [7, 11) is 2.72. The van der Waals surface area contributed by atoms with Crippen molar-refractivity contribution in [1.82, 2.24) is 5.32 Å². The molecule has 0 aromatic heterocycles. The van der Waals surface area contributed by atoms with Gasteiger partial charge in [0.15, 0.2) is 0 Å². The van der Waals surface area contributed by atoms with Crippen molar-refractivity contribution in [3.63, 3.8) is 0 Å². The molecule has 0 saturated heterocycles. The summed E-state index contributed by atoms with van der Waals surface area (Å²) >= 11 is 0. The highest BCUT2D eigenvalue weighted by Gasteiger charge is 2.21. The minimum absolute atomic E-state index is 0.0820. The van der Waals surface area contributed by atoms with E-state index < -0.39 is 12.0 Å². The van der Waals surface area contributed by atoms with E-state index in [-0.39, 0.29) is 12.5 Å². The first-order valence-corrected chi connectivity index (χ1v) is 5.98. The van der Waals surface area contributed by atoms with Crippen LogP contribution in [-0.2, 0) is 25.5 Å². The normalized spacial score (nSPS) is 11.7. The Bertz CT molecular complexity index is 428. The van der Waals surface area contributed by atoms with Crippen molar-refractivity contribution in [2.45, 2.75) is 19.4 Å². The first-order chi connectivity index (χ1) is 9.06. The fourth-order valence-corrected chi connectivity index (χ4v) is 1.66. The molecule has 0 radical (unpaired) electrons. The predicted octanol–water partition coefficient (Wildman–Crippen LogP) is 0.842. The maximum absolute atomic E-state index is 11.6. The quantitative estimate of drug-likeness (QED) is 0.774. The molecule has 0 aliphatic rings. The number of aryl methyl sites for hydroxylation is 1. The summed E-state index contributed by atoms with van der Waals surface area (Å²) in [5, 5.41) is 2.59. The molecule has 1 amide bonds. The number of amides is 1. The van der Waals surface area contributed by atoms with Crippen LogP contribution in [0.4, 0.5) is 0 Å². The zero-order valence-corrected chi connectivity index (χ0v) is 11.4. The number of nitrogens with one attached hydrogen (secondary N) is 1. The average Bonchev–Trinajstić information content (AvgIpc) is 2.40. The fraction of sp³-hybridized carbons (Fsp3) is 0.429. The van der Waals surface area contributed by atoms with Crippen LogP contribution in [0.15, 0.2) is 24.3 Å². The SMILES string of the molecule is COCC(=O)N[C@@H](Cc1ccc(C)cc1)C(=O)OC. The number of esters is 1. The molecule has 104 valence electrons. The van der Waals surface area contributed by atoms with Gasteiger partial charge in [-0.05, 0) is 12.5 Å². The Balaban J connectivity index is 2.71. The summed E-state index contributed by atoms with van der Waals surface area (Å²) in [6.45, 7) is 1.91. The lowest BCUT2D eigenvalue weighted by Crippen LogP contribution is -2.44. The molecular weight excluding hydrogens is 246 g/mol. The number of ether oxygens (including phenoxy) is 2. The smallest absolute Gasteiger partial charge is 0.328 e. The van der Waals surface area contributed by atoms with Crippen LogP contribution in [0.25, 0.3) is 0 Å². The van der Waals surface area contributed by atoms with Gasteiger partial charge in [-0.3, -0.25) is 4.79 Å². The van der Waals surface area contributed by atoms with Gasteiger partial charge in [-0.1, -0.05) is 29.8 Å². The Morgan fingerprint density at radius 2 is 1.84 bits per heavy atom. The molecule has 5 nitrogen and oxygen atoms in total. The standard InChI is InChI=1S/C14H19NO4/c1-10-4-6-11(7-5-10)8-12(14(17)19-3)15-13(16)9-18-2/h4-7,12H,8-9H2,1-3H3,(H,15,16)/t12-/m0/s1. The number of carbonyl (C=O) groups excluding carboxylic acids is 2. The monoisotopic (exact) mass is 265 g/mol. The zero-order chi connectivity index (χ0) is 14.3. The van der Waals surface area contributed by atoms with E-state index in [0.717, 1.165) is 11.1 Å². The van der Waals surface area contributed by atoms with Crippen molar-refractivity contribution in [1.29, 1.82) is 0 Å². The van der Waals surface area contributed by atoms with Crippen molar-refractivity contribution in [2.75, 3.05) is 20.8 Å². The topological polar surface area (TPSA) is 64.6 Å². The summed E-state index contributed by atoms with van der Waals surface area (Å²) in [4.78, 5) is 23.1. The first kappa shape index (κ1) is 15.2. The van der Waals surface area contributed by atoms with Gasteiger partial charge in [0.25, 0.3) is 0 Å². The van der Waals surface area contributed by atoms with Crippen molar-refractivity contribution >= 4 is 11.9 Å². The fourth-order valence-electron chi connectivity index (χ4n) is 1.66. The Hall–Kier alpha value is -1.88. The molecule has 1 N–H and O–H groups in total. The van der Waals surface area contributed by atoms with E-state index in [9.17, 15) is 9.59 Å². The molecule has 0 bridgehead atoms. The second kappa shape index (κ2) is 7.53. The molecule has 19 heavy (non-hydrogen) atoms. The largest absolute Gasteiger partial charge is 0.467 e. The summed E-state index contributed by atoms with van der Waals surface area (Å²) in [5.74, 6) is -0.810. The molecule has 0 aliphatic carbocycles. The molecule has 5 heteroatoms. The highest BCUT2D eigenvalue weighted by molar-refractivity contribution is 5.85. The van der Waals surface area contributed by atoms with Crippen LogP contribution in [0.5, 0.6) is 0 Å². The lowest BCUT2D eigenvalue weighted by molar-refractivity contribution is -0.145. The van der Waals surface area contributed by atoms with E-state index in [2.05, 4.69) is 5.32 Å². The van der Waals surface area contributed by atoms with Gasteiger partial charge in [-0.2, -0.15) is 0 Å². The Labute approximate surface area is 112 Å². The molecule has 1 atom stereocenters. The van der Waals surface area contributed by atoms with E-state index in [1.54, 1.807) is 0 Å². The predicted molar refractivity (Wildman–Crippen MR) is 70.7 cm³/mol. The highest BCUT2D eigenvalue weighted by Crippen LogP contribution is 2.07. The third-order valence-electron chi connectivity index (χ3n) is 2.66. The van der Waals surface area contributed by atoms with Gasteiger partial charge < -0.3 is 14.8 Å². The van der Waals surface area contributed by atoms with E-state index in [1.165, 1.54) is 14.2 Å². The van der Waals surface area contributed by atoms with Gasteiger partial charge >= 0.3 is 5.97 Å². The van der Waals surface area contributed by atoms with Gasteiger partial charge in [0.05, 0.1) is 7.11 Å². The Morgan fingerprint density at radius 3 is 2.37 bits per heavy atom. The van der Waals surface area contributed by atoms with Crippen LogP contribution in [0.1, 0.15) is 11.1 Å². The molecule has 1 aromatic carbocycles. The van der Waals surface area contributed by atoms with Crippen molar-refractivity contribution in [3.8, 4) is 0 Å². The minimum atomic E-state index is -0.699. The van der Waals surface area contributed by atoms with Crippen LogP contribution < -0.4 is 5.32 Å². The second-order valence-corrected chi connectivity index (χ2v) is 4.27. The first-order valence-electron chi connectivity index (χ1n) is 5.98. The molecule has 0 fully saturated rings. The molecular formula is C14H19NO4. The molecule has 0 heterocycles. The van der Waals surface area contributed by atoms with Crippen molar-refractivity contribution in [2.24, 2.45) is 0 Å². The maximum Gasteiger partial charge on any atom is 0.328 e. The van der Waals surface area contributed by atoms with Gasteiger partial charge in [0.2, 0.25) is 5.91 Å². The summed E-state index contributed by atoms with van der Waals surface area (Å²) in [5.41, 5.74) is 2.10.